The quantitative estimate of drug-likeness (QED) is 0.636. The van der Waals surface area contributed by atoms with Crippen molar-refractivity contribution in [3.8, 4) is 5.75 Å². The number of hydrogen-bond acceptors (Lipinski definition) is 4. The van der Waals surface area contributed by atoms with Crippen LogP contribution in [0, 0.1) is 6.92 Å². The normalized spacial score (nSPS) is 14.6. The highest BCUT2D eigenvalue weighted by atomic mass is 32.2. The second-order valence-electron chi connectivity index (χ2n) is 4.19. The van der Waals surface area contributed by atoms with E-state index in [1.165, 1.54) is 12.0 Å². The van der Waals surface area contributed by atoms with Crippen LogP contribution >= 0.6 is 19.5 Å². The predicted molar refractivity (Wildman–Crippen MR) is 76.5 cm³/mol. The molecule has 1 N–H and O–H groups in total. The van der Waals surface area contributed by atoms with Crippen LogP contribution in [0.5, 0.6) is 5.75 Å². The Morgan fingerprint density at radius 3 is 2.50 bits per heavy atom. The molecule has 18 heavy (non-hydrogen) atoms. The lowest BCUT2D eigenvalue weighted by Gasteiger charge is -2.20. The molecule has 0 heterocycles. The average molecular weight is 289 g/mol. The fourth-order valence-corrected chi connectivity index (χ4v) is 3.32. The molecule has 1 rings (SSSR count). The molecule has 1 aromatic carbocycles. The molecule has 4 nitrogen and oxygen atoms in total. The predicted octanol–water partition coefficient (Wildman–Crippen LogP) is 3.85. The van der Waals surface area contributed by atoms with Gasteiger partial charge in [-0.3, -0.25) is 4.52 Å². The molecule has 0 radical (unpaired) electrons. The van der Waals surface area contributed by atoms with Gasteiger partial charge in [-0.25, -0.2) is 9.65 Å². The van der Waals surface area contributed by atoms with Gasteiger partial charge in [0, 0.05) is 18.0 Å². The lowest BCUT2D eigenvalue weighted by Crippen LogP contribution is -2.23. The van der Waals surface area contributed by atoms with Gasteiger partial charge in [-0.05, 0) is 50.8 Å². The first-order chi connectivity index (χ1) is 8.40. The van der Waals surface area contributed by atoms with Crippen molar-refractivity contribution in [3.63, 3.8) is 0 Å². The molecule has 0 bridgehead atoms. The summed E-state index contributed by atoms with van der Waals surface area (Å²) in [4.78, 5) is 1.17. The lowest BCUT2D eigenvalue weighted by atomic mass is 10.2. The Balaban J connectivity index is 2.88. The van der Waals surface area contributed by atoms with Gasteiger partial charge < -0.3 is 4.52 Å². The van der Waals surface area contributed by atoms with Crippen molar-refractivity contribution in [3.05, 3.63) is 23.8 Å². The van der Waals surface area contributed by atoms with Gasteiger partial charge in [0.05, 0.1) is 0 Å². The average Bonchev–Trinajstić information content (AvgIpc) is 2.28. The van der Waals surface area contributed by atoms with Crippen molar-refractivity contribution < 1.29 is 13.6 Å². The van der Waals surface area contributed by atoms with Gasteiger partial charge in [-0.1, -0.05) is 0 Å². The summed E-state index contributed by atoms with van der Waals surface area (Å²) >= 11 is 1.67. The topological polar surface area (TPSA) is 47.6 Å². The minimum absolute atomic E-state index is 0.0161. The van der Waals surface area contributed by atoms with Crippen molar-refractivity contribution in [2.75, 3.05) is 13.4 Å². The Labute approximate surface area is 113 Å². The van der Waals surface area contributed by atoms with Gasteiger partial charge in [0.25, 0.3) is 0 Å². The van der Waals surface area contributed by atoms with Crippen LogP contribution in [0.4, 0.5) is 0 Å². The molecule has 0 saturated carbocycles. The van der Waals surface area contributed by atoms with Gasteiger partial charge in [0.1, 0.15) is 5.75 Å². The Kier molecular flexibility index (Phi) is 5.73. The molecule has 0 aliphatic carbocycles. The monoisotopic (exact) mass is 289 g/mol. The molecule has 1 unspecified atom stereocenters. The third kappa shape index (κ3) is 4.32. The molecular weight excluding hydrogens is 269 g/mol. The van der Waals surface area contributed by atoms with Gasteiger partial charge >= 0.3 is 7.75 Å². The van der Waals surface area contributed by atoms with Gasteiger partial charge in [0.15, 0.2) is 0 Å². The van der Waals surface area contributed by atoms with Crippen molar-refractivity contribution in [2.24, 2.45) is 0 Å². The molecule has 1 atom stereocenters. The van der Waals surface area contributed by atoms with Gasteiger partial charge in [-0.15, -0.1) is 11.8 Å². The third-order valence-electron chi connectivity index (χ3n) is 2.25. The van der Waals surface area contributed by atoms with Crippen LogP contribution < -0.4 is 9.61 Å². The Morgan fingerprint density at radius 2 is 2.06 bits per heavy atom. The van der Waals surface area contributed by atoms with Crippen LogP contribution in [0.25, 0.3) is 0 Å². The molecule has 0 amide bonds. The summed E-state index contributed by atoms with van der Waals surface area (Å²) < 4.78 is 22.7. The standard InChI is InChI=1S/C12H20NO3PS/c1-9(2)13-17(14,15-4)16-11-6-7-12(18-5)10(3)8-11/h6-9H,1-5H3,(H,13,14). The van der Waals surface area contributed by atoms with E-state index < -0.39 is 7.75 Å². The number of hydrogen-bond donors (Lipinski definition) is 1. The summed E-state index contributed by atoms with van der Waals surface area (Å²) in [6.45, 7) is 5.76. The highest BCUT2D eigenvalue weighted by Gasteiger charge is 2.25. The minimum Gasteiger partial charge on any atom is -0.413 e. The first-order valence-electron chi connectivity index (χ1n) is 5.68. The smallest absolute Gasteiger partial charge is 0.413 e. The Hall–Kier alpha value is -0.480. The first kappa shape index (κ1) is 15.6. The van der Waals surface area contributed by atoms with E-state index in [9.17, 15) is 4.57 Å². The third-order valence-corrected chi connectivity index (χ3v) is 4.91. The van der Waals surface area contributed by atoms with Gasteiger partial charge in [-0.2, -0.15) is 0 Å². The number of rotatable bonds is 6. The zero-order chi connectivity index (χ0) is 13.8. The van der Waals surface area contributed by atoms with Crippen LogP contribution in [-0.2, 0) is 9.09 Å². The molecule has 0 spiro atoms. The lowest BCUT2D eigenvalue weighted by molar-refractivity contribution is 0.305. The summed E-state index contributed by atoms with van der Waals surface area (Å²) in [5.74, 6) is 0.545. The maximum atomic E-state index is 12.3. The van der Waals surface area contributed by atoms with E-state index in [1.54, 1.807) is 17.8 Å². The second kappa shape index (κ2) is 6.62. The van der Waals surface area contributed by atoms with E-state index in [0.717, 1.165) is 5.56 Å². The van der Waals surface area contributed by atoms with E-state index in [1.807, 2.05) is 39.2 Å². The molecule has 102 valence electrons. The van der Waals surface area contributed by atoms with E-state index in [-0.39, 0.29) is 6.04 Å². The maximum Gasteiger partial charge on any atom is 0.458 e. The van der Waals surface area contributed by atoms with Crippen LogP contribution in [0.15, 0.2) is 23.1 Å². The number of benzene rings is 1. The zero-order valence-corrected chi connectivity index (χ0v) is 13.1. The van der Waals surface area contributed by atoms with Crippen molar-refractivity contribution in [1.29, 1.82) is 0 Å². The van der Waals surface area contributed by atoms with Crippen molar-refractivity contribution in [2.45, 2.75) is 31.7 Å². The molecule has 1 aromatic rings. The first-order valence-corrected chi connectivity index (χ1v) is 8.44. The molecule has 0 aromatic heterocycles. The summed E-state index contributed by atoms with van der Waals surface area (Å²) in [5, 5.41) is 2.81. The molecule has 0 aliphatic heterocycles. The van der Waals surface area contributed by atoms with Crippen LogP contribution in [-0.4, -0.2) is 19.4 Å². The van der Waals surface area contributed by atoms with Crippen LogP contribution in [0.1, 0.15) is 19.4 Å². The molecule has 0 fully saturated rings. The highest BCUT2D eigenvalue weighted by Crippen LogP contribution is 2.44. The fourth-order valence-electron chi connectivity index (χ4n) is 1.48. The van der Waals surface area contributed by atoms with E-state index in [2.05, 4.69) is 5.09 Å². The van der Waals surface area contributed by atoms with Gasteiger partial charge in [0.2, 0.25) is 0 Å². The number of aryl methyl sites for hydroxylation is 1. The highest BCUT2D eigenvalue weighted by molar-refractivity contribution is 7.98. The summed E-state index contributed by atoms with van der Waals surface area (Å²) in [7, 11) is -1.90. The Bertz CT molecular complexity index is 451. The largest absolute Gasteiger partial charge is 0.458 e. The SMILES string of the molecule is COP(=O)(NC(C)C)Oc1ccc(SC)c(C)c1. The van der Waals surface area contributed by atoms with E-state index in [4.69, 9.17) is 9.05 Å². The molecule has 6 heteroatoms. The van der Waals surface area contributed by atoms with E-state index >= 15 is 0 Å². The summed E-state index contributed by atoms with van der Waals surface area (Å²) in [5.41, 5.74) is 1.09. The summed E-state index contributed by atoms with van der Waals surface area (Å²) in [6.07, 6.45) is 2.02. The molecule has 0 saturated heterocycles. The zero-order valence-electron chi connectivity index (χ0n) is 11.4. The second-order valence-corrected chi connectivity index (χ2v) is 6.84. The van der Waals surface area contributed by atoms with Crippen LogP contribution in [0.2, 0.25) is 0 Å². The Morgan fingerprint density at radius 1 is 1.39 bits per heavy atom. The maximum absolute atomic E-state index is 12.3. The van der Waals surface area contributed by atoms with Crippen molar-refractivity contribution >= 4 is 19.5 Å². The number of nitrogens with one attached hydrogen (secondary N) is 1. The van der Waals surface area contributed by atoms with Crippen LogP contribution in [0.3, 0.4) is 0 Å². The van der Waals surface area contributed by atoms with Crippen molar-refractivity contribution in [1.82, 2.24) is 5.09 Å². The fraction of sp³-hybridized carbons (Fsp3) is 0.500. The number of thioether (sulfide) groups is 1. The molecular formula is C12H20NO3PS. The minimum atomic E-state index is -3.28. The van der Waals surface area contributed by atoms with E-state index in [0.29, 0.717) is 5.75 Å². The molecule has 0 aliphatic rings. The summed E-state index contributed by atoms with van der Waals surface area (Å²) in [6, 6.07) is 5.62.